The van der Waals surface area contributed by atoms with Crippen molar-refractivity contribution in [2.24, 2.45) is 0 Å². The van der Waals surface area contributed by atoms with Crippen LogP contribution in [0.5, 0.6) is 5.75 Å². The van der Waals surface area contributed by atoms with E-state index in [1.54, 1.807) is 29.2 Å². The normalized spacial score (nSPS) is 19.0. The third kappa shape index (κ3) is 4.75. The van der Waals surface area contributed by atoms with Crippen LogP contribution in [0.15, 0.2) is 46.9 Å². The Morgan fingerprint density at radius 3 is 2.66 bits per heavy atom. The van der Waals surface area contributed by atoms with Crippen LogP contribution in [0, 0.1) is 0 Å². The van der Waals surface area contributed by atoms with E-state index in [1.165, 1.54) is 13.2 Å². The topological polar surface area (TPSA) is 49.8 Å². The molecular weight excluding hydrogens is 451 g/mol. The minimum atomic E-state index is -4.49. The molecular formula is C21H21BrF3NO3. The van der Waals surface area contributed by atoms with Crippen molar-refractivity contribution in [3.63, 3.8) is 0 Å². The van der Waals surface area contributed by atoms with Gasteiger partial charge in [-0.25, -0.2) is 0 Å². The second-order valence-corrected chi connectivity index (χ2v) is 7.92. The van der Waals surface area contributed by atoms with Gasteiger partial charge in [0, 0.05) is 10.0 Å². The van der Waals surface area contributed by atoms with Gasteiger partial charge in [0.05, 0.1) is 18.7 Å². The number of carboxylic acid groups (broad SMARTS) is 1. The summed E-state index contributed by atoms with van der Waals surface area (Å²) >= 11 is 3.41. The molecule has 156 valence electrons. The maximum absolute atomic E-state index is 13.4. The molecule has 1 aliphatic rings. The number of benzene rings is 2. The van der Waals surface area contributed by atoms with Crippen molar-refractivity contribution < 1.29 is 27.8 Å². The molecule has 0 spiro atoms. The van der Waals surface area contributed by atoms with E-state index >= 15 is 0 Å². The average Bonchev–Trinajstić information content (AvgIpc) is 2.68. The quantitative estimate of drug-likeness (QED) is 0.624. The number of hydrogen-bond acceptors (Lipinski definition) is 3. The van der Waals surface area contributed by atoms with Gasteiger partial charge in [0.25, 0.3) is 0 Å². The number of hydrogen-bond donors (Lipinski definition) is 1. The first kappa shape index (κ1) is 21.6. The molecule has 2 aromatic rings. The summed E-state index contributed by atoms with van der Waals surface area (Å²) in [7, 11) is 1.49. The second kappa shape index (κ2) is 8.75. The number of carboxylic acids is 1. The SMILES string of the molecule is COc1ccc(Br)cc1C(c1cccc(C(F)(F)F)c1)N1CCCCC1C(=O)O. The number of rotatable bonds is 5. The predicted molar refractivity (Wildman–Crippen MR) is 106 cm³/mol. The van der Waals surface area contributed by atoms with Crippen molar-refractivity contribution in [3.8, 4) is 5.75 Å². The van der Waals surface area contributed by atoms with Gasteiger partial charge in [-0.1, -0.05) is 34.5 Å². The molecule has 2 atom stereocenters. The fourth-order valence-corrected chi connectivity index (χ4v) is 4.26. The van der Waals surface area contributed by atoms with Crippen LogP contribution in [-0.2, 0) is 11.0 Å². The molecule has 1 N–H and O–H groups in total. The van der Waals surface area contributed by atoms with Crippen molar-refractivity contribution in [3.05, 3.63) is 63.6 Å². The molecule has 1 aliphatic heterocycles. The second-order valence-electron chi connectivity index (χ2n) is 7.00. The maximum atomic E-state index is 13.4. The average molecular weight is 472 g/mol. The Balaban J connectivity index is 2.20. The number of likely N-dealkylation sites (tertiary alicyclic amines) is 1. The molecule has 4 nitrogen and oxygen atoms in total. The standard InChI is InChI=1S/C21H21BrF3NO3/c1-29-18-9-8-15(22)12-16(18)19(26-10-3-2-7-17(26)20(27)28)13-5-4-6-14(11-13)21(23,24)25/h4-6,8-9,11-12,17,19H,2-3,7,10H2,1H3,(H,27,28). The highest BCUT2D eigenvalue weighted by Gasteiger charge is 2.38. The number of ether oxygens (including phenoxy) is 1. The van der Waals surface area contributed by atoms with E-state index in [1.807, 2.05) is 0 Å². The summed E-state index contributed by atoms with van der Waals surface area (Å²) in [5.74, 6) is -0.485. The highest BCUT2D eigenvalue weighted by molar-refractivity contribution is 9.10. The fourth-order valence-electron chi connectivity index (χ4n) is 3.88. The minimum absolute atomic E-state index is 0.379. The molecule has 0 bridgehead atoms. The number of carbonyl (C=O) groups is 1. The van der Waals surface area contributed by atoms with Gasteiger partial charge in [-0.3, -0.25) is 9.69 Å². The predicted octanol–water partition coefficient (Wildman–Crippen LogP) is 5.51. The maximum Gasteiger partial charge on any atom is 0.416 e. The Morgan fingerprint density at radius 1 is 1.24 bits per heavy atom. The highest BCUT2D eigenvalue weighted by Crippen LogP contribution is 2.41. The van der Waals surface area contributed by atoms with Crippen LogP contribution in [0.1, 0.15) is 42.0 Å². The van der Waals surface area contributed by atoms with Crippen molar-refractivity contribution >= 4 is 21.9 Å². The van der Waals surface area contributed by atoms with Gasteiger partial charge in [0.1, 0.15) is 11.8 Å². The summed E-state index contributed by atoms with van der Waals surface area (Å²) in [6, 6.07) is 8.87. The van der Waals surface area contributed by atoms with Gasteiger partial charge in [-0.2, -0.15) is 13.2 Å². The number of alkyl halides is 3. The zero-order chi connectivity index (χ0) is 21.2. The van der Waals surface area contributed by atoms with E-state index in [-0.39, 0.29) is 0 Å². The summed E-state index contributed by atoms with van der Waals surface area (Å²) in [5.41, 5.74) is 0.233. The van der Waals surface area contributed by atoms with Crippen molar-refractivity contribution in [2.45, 2.75) is 37.5 Å². The van der Waals surface area contributed by atoms with Gasteiger partial charge in [-0.05, 0) is 55.3 Å². The summed E-state index contributed by atoms with van der Waals surface area (Å²) in [6.07, 6.45) is -2.51. The van der Waals surface area contributed by atoms with E-state index in [0.717, 1.165) is 29.4 Å². The van der Waals surface area contributed by atoms with E-state index < -0.39 is 29.8 Å². The van der Waals surface area contributed by atoms with Gasteiger partial charge in [-0.15, -0.1) is 0 Å². The molecule has 1 heterocycles. The first-order valence-electron chi connectivity index (χ1n) is 9.21. The first-order chi connectivity index (χ1) is 13.7. The number of piperidine rings is 1. The summed E-state index contributed by atoms with van der Waals surface area (Å²) in [6.45, 7) is 0.466. The lowest BCUT2D eigenvalue weighted by Gasteiger charge is -2.40. The van der Waals surface area contributed by atoms with Crippen LogP contribution in [0.3, 0.4) is 0 Å². The number of halogens is 4. The van der Waals surface area contributed by atoms with Gasteiger partial charge in [0.15, 0.2) is 0 Å². The number of nitrogens with zero attached hydrogens (tertiary/aromatic N) is 1. The summed E-state index contributed by atoms with van der Waals surface area (Å²) in [4.78, 5) is 13.7. The molecule has 3 rings (SSSR count). The molecule has 0 aliphatic carbocycles. The molecule has 1 fully saturated rings. The summed E-state index contributed by atoms with van der Waals surface area (Å²) in [5, 5.41) is 9.75. The molecule has 2 unspecified atom stereocenters. The monoisotopic (exact) mass is 471 g/mol. The number of aliphatic carboxylic acids is 1. The third-order valence-electron chi connectivity index (χ3n) is 5.18. The van der Waals surface area contributed by atoms with Gasteiger partial charge < -0.3 is 9.84 Å². The van der Waals surface area contributed by atoms with Gasteiger partial charge >= 0.3 is 12.1 Å². The van der Waals surface area contributed by atoms with Crippen molar-refractivity contribution in [2.75, 3.05) is 13.7 Å². The zero-order valence-electron chi connectivity index (χ0n) is 15.7. The lowest BCUT2D eigenvalue weighted by Crippen LogP contribution is -2.47. The van der Waals surface area contributed by atoms with Crippen LogP contribution in [0.25, 0.3) is 0 Å². The Bertz CT molecular complexity index is 888. The Morgan fingerprint density at radius 2 is 2.00 bits per heavy atom. The molecule has 29 heavy (non-hydrogen) atoms. The van der Waals surface area contributed by atoms with Crippen LogP contribution >= 0.6 is 15.9 Å². The molecule has 1 saturated heterocycles. The fraction of sp³-hybridized carbons (Fsp3) is 0.381. The van der Waals surface area contributed by atoms with Crippen LogP contribution < -0.4 is 4.74 Å². The lowest BCUT2D eigenvalue weighted by molar-refractivity contribution is -0.145. The van der Waals surface area contributed by atoms with Crippen molar-refractivity contribution in [1.82, 2.24) is 4.90 Å². The highest BCUT2D eigenvalue weighted by atomic mass is 79.9. The third-order valence-corrected chi connectivity index (χ3v) is 5.67. The molecule has 0 amide bonds. The van der Waals surface area contributed by atoms with Crippen LogP contribution in [0.2, 0.25) is 0 Å². The van der Waals surface area contributed by atoms with Gasteiger partial charge in [0.2, 0.25) is 0 Å². The molecule has 2 aromatic carbocycles. The largest absolute Gasteiger partial charge is 0.496 e. The van der Waals surface area contributed by atoms with Crippen LogP contribution in [0.4, 0.5) is 13.2 Å². The molecule has 8 heteroatoms. The Labute approximate surface area is 175 Å². The Hall–Kier alpha value is -2.06. The molecule has 0 aromatic heterocycles. The van der Waals surface area contributed by atoms with E-state index in [2.05, 4.69) is 15.9 Å². The van der Waals surface area contributed by atoms with E-state index in [4.69, 9.17) is 4.74 Å². The van der Waals surface area contributed by atoms with E-state index in [0.29, 0.717) is 29.8 Å². The smallest absolute Gasteiger partial charge is 0.416 e. The molecule has 0 radical (unpaired) electrons. The lowest BCUT2D eigenvalue weighted by atomic mass is 9.90. The number of methoxy groups -OCH3 is 1. The first-order valence-corrected chi connectivity index (χ1v) is 10.0. The zero-order valence-corrected chi connectivity index (χ0v) is 17.3. The Kier molecular flexibility index (Phi) is 6.53. The molecule has 0 saturated carbocycles. The van der Waals surface area contributed by atoms with Crippen LogP contribution in [-0.4, -0.2) is 35.7 Å². The van der Waals surface area contributed by atoms with E-state index in [9.17, 15) is 23.1 Å². The minimum Gasteiger partial charge on any atom is -0.496 e. The summed E-state index contributed by atoms with van der Waals surface area (Å²) < 4.78 is 46.3. The van der Waals surface area contributed by atoms with Crippen molar-refractivity contribution in [1.29, 1.82) is 0 Å².